The van der Waals surface area contributed by atoms with E-state index >= 15 is 0 Å². The summed E-state index contributed by atoms with van der Waals surface area (Å²) in [5, 5.41) is 10.3. The van der Waals surface area contributed by atoms with Gasteiger partial charge in [-0.1, -0.05) is 18.2 Å². The van der Waals surface area contributed by atoms with Crippen LogP contribution in [0.5, 0.6) is 0 Å². The molecule has 2 saturated heterocycles. The third-order valence-corrected chi connectivity index (χ3v) is 5.23. The molecular formula is C17H24N6OS2. The van der Waals surface area contributed by atoms with E-state index in [-0.39, 0.29) is 6.03 Å². The van der Waals surface area contributed by atoms with Crippen molar-refractivity contribution < 1.29 is 4.79 Å². The van der Waals surface area contributed by atoms with Crippen LogP contribution in [0.3, 0.4) is 0 Å². The van der Waals surface area contributed by atoms with Crippen molar-refractivity contribution in [3.8, 4) is 0 Å². The molecule has 2 amide bonds. The molecule has 0 spiro atoms. The summed E-state index contributed by atoms with van der Waals surface area (Å²) in [6.07, 6.45) is 0. The first-order valence-corrected chi connectivity index (χ1v) is 9.63. The van der Waals surface area contributed by atoms with E-state index in [2.05, 4.69) is 50.0 Å². The molecule has 2 aliphatic heterocycles. The number of rotatable bonds is 4. The first-order valence-electron chi connectivity index (χ1n) is 8.81. The molecule has 0 atom stereocenters. The number of hydrogen-bond acceptors (Lipinski definition) is 4. The van der Waals surface area contributed by atoms with Crippen LogP contribution in [0.4, 0.5) is 10.5 Å². The van der Waals surface area contributed by atoms with Gasteiger partial charge in [0.2, 0.25) is 0 Å². The number of anilines is 1. The highest BCUT2D eigenvalue weighted by atomic mass is 32.1. The fourth-order valence-electron chi connectivity index (χ4n) is 3.02. The summed E-state index contributed by atoms with van der Waals surface area (Å²) in [4.78, 5) is 17.6. The van der Waals surface area contributed by atoms with Gasteiger partial charge in [-0.2, -0.15) is 0 Å². The second-order valence-corrected chi connectivity index (χ2v) is 6.93. The van der Waals surface area contributed by atoms with E-state index in [1.165, 1.54) is 10.6 Å². The molecule has 7 nitrogen and oxygen atoms in total. The maximum absolute atomic E-state index is 11.5. The Hall–Kier alpha value is -2.13. The fourth-order valence-corrected chi connectivity index (χ4v) is 3.58. The van der Waals surface area contributed by atoms with Gasteiger partial charge >= 0.3 is 6.03 Å². The van der Waals surface area contributed by atoms with Gasteiger partial charge < -0.3 is 25.8 Å². The molecule has 3 N–H and O–H groups in total. The Balaban J connectivity index is 1.33. The Kier molecular flexibility index (Phi) is 6.45. The Morgan fingerprint density at radius 1 is 0.962 bits per heavy atom. The lowest BCUT2D eigenvalue weighted by molar-refractivity contribution is 0.234. The predicted octanol–water partition coefficient (Wildman–Crippen LogP) is 0.583. The zero-order valence-electron chi connectivity index (χ0n) is 14.6. The predicted molar refractivity (Wildman–Crippen MR) is 112 cm³/mol. The minimum atomic E-state index is -0.137. The summed E-state index contributed by atoms with van der Waals surface area (Å²) in [7, 11) is 0. The Labute approximate surface area is 164 Å². The molecular weight excluding hydrogens is 368 g/mol. The van der Waals surface area contributed by atoms with Gasteiger partial charge in [0.05, 0.1) is 0 Å². The number of nitrogens with zero attached hydrogens (tertiary/aromatic N) is 3. The van der Waals surface area contributed by atoms with E-state index in [1.807, 2.05) is 6.07 Å². The fraction of sp³-hybridized carbons (Fsp3) is 0.471. The van der Waals surface area contributed by atoms with Crippen LogP contribution in [0.2, 0.25) is 0 Å². The van der Waals surface area contributed by atoms with E-state index in [0.29, 0.717) is 31.3 Å². The lowest BCUT2D eigenvalue weighted by Crippen LogP contribution is -2.52. The molecule has 1 aromatic rings. The number of para-hydroxylation sites is 1. The Bertz CT molecular complexity index is 648. The van der Waals surface area contributed by atoms with Crippen molar-refractivity contribution in [3.63, 3.8) is 0 Å². The molecule has 9 heteroatoms. The zero-order chi connectivity index (χ0) is 18.4. The van der Waals surface area contributed by atoms with Crippen molar-refractivity contribution in [1.82, 2.24) is 25.8 Å². The number of urea groups is 1. The zero-order valence-corrected chi connectivity index (χ0v) is 16.2. The van der Waals surface area contributed by atoms with Crippen molar-refractivity contribution in [2.24, 2.45) is 0 Å². The van der Waals surface area contributed by atoms with Gasteiger partial charge in [0, 0.05) is 58.0 Å². The van der Waals surface area contributed by atoms with Crippen LogP contribution in [0.15, 0.2) is 30.3 Å². The quantitative estimate of drug-likeness (QED) is 0.512. The van der Waals surface area contributed by atoms with E-state index in [1.54, 1.807) is 0 Å². The minimum Gasteiger partial charge on any atom is -0.368 e. The van der Waals surface area contributed by atoms with Gasteiger partial charge in [0.1, 0.15) is 0 Å². The van der Waals surface area contributed by atoms with Crippen LogP contribution >= 0.6 is 24.4 Å². The molecule has 2 fully saturated rings. The van der Waals surface area contributed by atoms with Gasteiger partial charge in [-0.15, -0.1) is 0 Å². The Morgan fingerprint density at radius 2 is 1.62 bits per heavy atom. The third kappa shape index (κ3) is 4.73. The Morgan fingerprint density at radius 3 is 2.23 bits per heavy atom. The summed E-state index contributed by atoms with van der Waals surface area (Å²) in [5.41, 5.74) is 1.26. The second kappa shape index (κ2) is 9.00. The van der Waals surface area contributed by atoms with E-state index in [9.17, 15) is 4.79 Å². The molecule has 1 aromatic carbocycles. The molecule has 0 saturated carbocycles. The molecule has 0 aromatic heterocycles. The number of carbonyl (C=O) groups excluding carboxylic acids is 1. The van der Waals surface area contributed by atoms with Crippen LogP contribution < -0.4 is 20.9 Å². The smallest absolute Gasteiger partial charge is 0.323 e. The average Bonchev–Trinajstić information content (AvgIpc) is 3.12. The summed E-state index contributed by atoms with van der Waals surface area (Å²) in [6.45, 7) is 6.25. The standard InChI is InChI=1S/C17H24N6OS2/c24-15-18-8-9-23(15)17(26)20-7-6-19-16(25)22-12-10-21(11-13-22)14-4-2-1-3-5-14/h1-5H,6-13H2,(H,18,24)(H,19,25)(H,20,26). The normalized spacial score (nSPS) is 17.1. The first kappa shape index (κ1) is 18.7. The topological polar surface area (TPSA) is 62.9 Å². The van der Waals surface area contributed by atoms with E-state index in [4.69, 9.17) is 24.4 Å². The highest BCUT2D eigenvalue weighted by Gasteiger charge is 2.23. The van der Waals surface area contributed by atoms with Crippen LogP contribution in [-0.4, -0.2) is 78.4 Å². The highest BCUT2D eigenvalue weighted by Crippen LogP contribution is 2.15. The average molecular weight is 393 g/mol. The van der Waals surface area contributed by atoms with Crippen LogP contribution in [0.1, 0.15) is 0 Å². The molecule has 140 valence electrons. The molecule has 0 radical (unpaired) electrons. The van der Waals surface area contributed by atoms with Crippen molar-refractivity contribution in [2.75, 3.05) is 57.3 Å². The summed E-state index contributed by atoms with van der Waals surface area (Å²) < 4.78 is 0. The third-order valence-electron chi connectivity index (χ3n) is 4.47. The number of piperazine rings is 1. The van der Waals surface area contributed by atoms with Gasteiger partial charge in [0.25, 0.3) is 0 Å². The molecule has 2 heterocycles. The summed E-state index contributed by atoms with van der Waals surface area (Å²) in [6, 6.07) is 10.3. The van der Waals surface area contributed by atoms with Crippen LogP contribution in [0, 0.1) is 0 Å². The van der Waals surface area contributed by atoms with Gasteiger partial charge in [-0.3, -0.25) is 4.90 Å². The second-order valence-electron chi connectivity index (χ2n) is 6.16. The molecule has 2 aliphatic rings. The number of nitrogens with one attached hydrogen (secondary N) is 3. The van der Waals surface area contributed by atoms with Crippen molar-refractivity contribution in [1.29, 1.82) is 0 Å². The SMILES string of the molecule is O=C1NCCN1C(=S)NCCNC(=S)N1CCN(c2ccccc2)CC1. The van der Waals surface area contributed by atoms with Gasteiger partial charge in [-0.05, 0) is 36.6 Å². The number of benzene rings is 1. The number of amides is 2. The number of hydrogen-bond donors (Lipinski definition) is 3. The van der Waals surface area contributed by atoms with Gasteiger partial charge in [0.15, 0.2) is 10.2 Å². The van der Waals surface area contributed by atoms with Crippen LogP contribution in [-0.2, 0) is 0 Å². The van der Waals surface area contributed by atoms with Crippen LogP contribution in [0.25, 0.3) is 0 Å². The van der Waals surface area contributed by atoms with Crippen molar-refractivity contribution in [3.05, 3.63) is 30.3 Å². The molecule has 3 rings (SSSR count). The van der Waals surface area contributed by atoms with E-state index < -0.39 is 0 Å². The minimum absolute atomic E-state index is 0.137. The molecule has 0 aliphatic carbocycles. The maximum atomic E-state index is 11.5. The lowest BCUT2D eigenvalue weighted by Gasteiger charge is -2.37. The van der Waals surface area contributed by atoms with E-state index in [0.717, 1.165) is 31.3 Å². The molecule has 26 heavy (non-hydrogen) atoms. The summed E-state index contributed by atoms with van der Waals surface area (Å²) in [5.74, 6) is 0. The molecule has 0 unspecified atom stereocenters. The largest absolute Gasteiger partial charge is 0.368 e. The van der Waals surface area contributed by atoms with Gasteiger partial charge in [-0.25, -0.2) is 4.79 Å². The highest BCUT2D eigenvalue weighted by molar-refractivity contribution is 7.80. The number of carbonyl (C=O) groups is 1. The molecule has 0 bridgehead atoms. The van der Waals surface area contributed by atoms with Crippen molar-refractivity contribution in [2.45, 2.75) is 0 Å². The van der Waals surface area contributed by atoms with Crippen molar-refractivity contribution >= 4 is 46.4 Å². The monoisotopic (exact) mass is 392 g/mol. The first-order chi connectivity index (χ1) is 12.6. The lowest BCUT2D eigenvalue weighted by atomic mass is 10.2. The maximum Gasteiger partial charge on any atom is 0.323 e. The summed E-state index contributed by atoms with van der Waals surface area (Å²) >= 11 is 10.7. The number of thiocarbonyl (C=S) groups is 2.